The summed E-state index contributed by atoms with van der Waals surface area (Å²) >= 11 is 12.9. The van der Waals surface area contributed by atoms with E-state index in [1.54, 1.807) is 30.6 Å². The molecule has 3 heterocycles. The van der Waals surface area contributed by atoms with E-state index < -0.39 is 0 Å². The Hall–Kier alpha value is -1.93. The standard InChI is InChI=1S/C24H31Cl2N5O2/c1-18-5-2-8-30(18)9-4-14-33-23-20(25)15-19(16-21(23)26)22(32)17-29-10-12-31(13-11-29)24-27-6-3-7-28-24/h3,6-7,15-16,18H,2,4-5,8-14,17H2,1H3. The van der Waals surface area contributed by atoms with Crippen molar-refractivity contribution in [3.8, 4) is 5.75 Å². The molecule has 9 heteroatoms. The van der Waals surface area contributed by atoms with Crippen molar-refractivity contribution in [3.05, 3.63) is 46.2 Å². The molecule has 33 heavy (non-hydrogen) atoms. The number of rotatable bonds is 9. The van der Waals surface area contributed by atoms with Crippen molar-refractivity contribution in [1.82, 2.24) is 19.8 Å². The molecule has 2 fully saturated rings. The molecule has 2 aliphatic rings. The minimum atomic E-state index is -0.00205. The summed E-state index contributed by atoms with van der Waals surface area (Å²) in [5.74, 6) is 1.19. The fourth-order valence-corrected chi connectivity index (χ4v) is 5.08. The highest BCUT2D eigenvalue weighted by molar-refractivity contribution is 6.37. The molecule has 0 spiro atoms. The molecule has 7 nitrogen and oxygen atoms in total. The van der Waals surface area contributed by atoms with Crippen molar-refractivity contribution in [2.75, 3.05) is 57.3 Å². The van der Waals surface area contributed by atoms with E-state index in [0.717, 1.165) is 51.6 Å². The third-order valence-electron chi connectivity index (χ3n) is 6.42. The van der Waals surface area contributed by atoms with Crippen LogP contribution in [0, 0.1) is 0 Å². The number of piperazine rings is 1. The van der Waals surface area contributed by atoms with Crippen molar-refractivity contribution >= 4 is 34.9 Å². The van der Waals surface area contributed by atoms with Gasteiger partial charge < -0.3 is 14.5 Å². The van der Waals surface area contributed by atoms with Crippen LogP contribution in [0.25, 0.3) is 0 Å². The van der Waals surface area contributed by atoms with Gasteiger partial charge in [0.2, 0.25) is 5.95 Å². The maximum atomic E-state index is 12.9. The minimum Gasteiger partial charge on any atom is -0.490 e. The van der Waals surface area contributed by atoms with E-state index in [4.69, 9.17) is 27.9 Å². The Kier molecular flexibility index (Phi) is 8.41. The second kappa shape index (κ2) is 11.5. The lowest BCUT2D eigenvalue weighted by atomic mass is 10.1. The molecule has 0 amide bonds. The lowest BCUT2D eigenvalue weighted by molar-refractivity contribution is 0.0926. The first-order valence-electron chi connectivity index (χ1n) is 11.6. The summed E-state index contributed by atoms with van der Waals surface area (Å²) in [7, 11) is 0. The fraction of sp³-hybridized carbons (Fsp3) is 0.542. The number of nitrogens with zero attached hydrogens (tertiary/aromatic N) is 5. The van der Waals surface area contributed by atoms with Crippen molar-refractivity contribution < 1.29 is 9.53 Å². The molecule has 0 aliphatic carbocycles. The number of hydrogen-bond acceptors (Lipinski definition) is 7. The molecule has 1 aromatic carbocycles. The Morgan fingerprint density at radius 1 is 1.09 bits per heavy atom. The highest BCUT2D eigenvalue weighted by Crippen LogP contribution is 2.34. The van der Waals surface area contributed by atoms with Crippen LogP contribution in [-0.4, -0.2) is 84.0 Å². The zero-order valence-electron chi connectivity index (χ0n) is 19.1. The smallest absolute Gasteiger partial charge is 0.225 e. The van der Waals surface area contributed by atoms with Gasteiger partial charge in [0.05, 0.1) is 23.2 Å². The van der Waals surface area contributed by atoms with Gasteiger partial charge in [-0.3, -0.25) is 9.69 Å². The molecule has 0 N–H and O–H groups in total. The van der Waals surface area contributed by atoms with Crippen LogP contribution in [0.2, 0.25) is 10.0 Å². The van der Waals surface area contributed by atoms with Crippen LogP contribution in [0.4, 0.5) is 5.95 Å². The summed E-state index contributed by atoms with van der Waals surface area (Å²) in [6, 6.07) is 5.79. The Bertz CT molecular complexity index is 915. The highest BCUT2D eigenvalue weighted by Gasteiger charge is 2.23. The number of anilines is 1. The number of Topliss-reactive ketones (excluding diaryl/α,β-unsaturated/α-hetero) is 1. The molecule has 1 unspecified atom stereocenters. The normalized spacial score (nSPS) is 19.7. The van der Waals surface area contributed by atoms with Crippen LogP contribution < -0.4 is 9.64 Å². The number of benzene rings is 1. The topological polar surface area (TPSA) is 61.8 Å². The SMILES string of the molecule is CC1CCCN1CCCOc1c(Cl)cc(C(=O)CN2CCN(c3ncccn3)CC2)cc1Cl. The Morgan fingerprint density at radius 3 is 2.42 bits per heavy atom. The molecular weight excluding hydrogens is 461 g/mol. The Morgan fingerprint density at radius 2 is 1.79 bits per heavy atom. The van der Waals surface area contributed by atoms with Crippen molar-refractivity contribution in [2.24, 2.45) is 0 Å². The van der Waals surface area contributed by atoms with Crippen LogP contribution >= 0.6 is 23.2 Å². The van der Waals surface area contributed by atoms with Crippen molar-refractivity contribution in [2.45, 2.75) is 32.2 Å². The number of aromatic nitrogens is 2. The number of hydrogen-bond donors (Lipinski definition) is 0. The van der Waals surface area contributed by atoms with E-state index >= 15 is 0 Å². The lowest BCUT2D eigenvalue weighted by Crippen LogP contribution is -2.48. The van der Waals surface area contributed by atoms with Gasteiger partial charge in [-0.15, -0.1) is 0 Å². The van der Waals surface area contributed by atoms with E-state index in [0.29, 0.717) is 40.6 Å². The minimum absolute atomic E-state index is 0.00205. The monoisotopic (exact) mass is 491 g/mol. The van der Waals surface area contributed by atoms with E-state index in [9.17, 15) is 4.79 Å². The number of likely N-dealkylation sites (tertiary alicyclic amines) is 1. The summed E-state index contributed by atoms with van der Waals surface area (Å²) in [6.07, 6.45) is 6.94. The Labute approximate surface area is 205 Å². The van der Waals surface area contributed by atoms with Gasteiger partial charge >= 0.3 is 0 Å². The van der Waals surface area contributed by atoms with Crippen LogP contribution in [0.1, 0.15) is 36.5 Å². The quantitative estimate of drug-likeness (QED) is 0.387. The second-order valence-corrected chi connectivity index (χ2v) is 9.55. The van der Waals surface area contributed by atoms with Gasteiger partial charge in [-0.05, 0) is 50.9 Å². The molecule has 2 aromatic rings. The molecule has 2 aliphatic heterocycles. The molecule has 4 rings (SSSR count). The maximum absolute atomic E-state index is 12.9. The zero-order chi connectivity index (χ0) is 23.2. The zero-order valence-corrected chi connectivity index (χ0v) is 20.6. The number of carbonyl (C=O) groups excluding carboxylic acids is 1. The van der Waals surface area contributed by atoms with Crippen LogP contribution in [0.3, 0.4) is 0 Å². The third kappa shape index (κ3) is 6.35. The molecule has 2 saturated heterocycles. The summed E-state index contributed by atoms with van der Waals surface area (Å²) in [5.41, 5.74) is 0.511. The summed E-state index contributed by atoms with van der Waals surface area (Å²) in [4.78, 5) is 28.2. The molecule has 178 valence electrons. The Balaban J connectivity index is 1.26. The number of halogens is 2. The summed E-state index contributed by atoms with van der Waals surface area (Å²) in [5, 5.41) is 0.762. The van der Waals surface area contributed by atoms with Gasteiger partial charge in [-0.2, -0.15) is 0 Å². The average Bonchev–Trinajstić information content (AvgIpc) is 3.23. The van der Waals surface area contributed by atoms with Crippen LogP contribution in [0.5, 0.6) is 5.75 Å². The lowest BCUT2D eigenvalue weighted by Gasteiger charge is -2.34. The summed E-state index contributed by atoms with van der Waals surface area (Å²) < 4.78 is 5.87. The van der Waals surface area contributed by atoms with E-state index in [-0.39, 0.29) is 5.78 Å². The second-order valence-electron chi connectivity index (χ2n) is 8.73. The third-order valence-corrected chi connectivity index (χ3v) is 6.98. The van der Waals surface area contributed by atoms with E-state index in [1.807, 2.05) is 0 Å². The van der Waals surface area contributed by atoms with Gasteiger partial charge in [0.25, 0.3) is 0 Å². The van der Waals surface area contributed by atoms with Crippen LogP contribution in [0.15, 0.2) is 30.6 Å². The average molecular weight is 492 g/mol. The van der Waals surface area contributed by atoms with Crippen LogP contribution in [-0.2, 0) is 0 Å². The molecule has 1 aromatic heterocycles. The predicted octanol–water partition coefficient (Wildman–Crippen LogP) is 4.04. The van der Waals surface area contributed by atoms with Crippen molar-refractivity contribution in [3.63, 3.8) is 0 Å². The number of ether oxygens (including phenoxy) is 1. The van der Waals surface area contributed by atoms with E-state index in [1.165, 1.54) is 12.8 Å². The maximum Gasteiger partial charge on any atom is 0.225 e. The highest BCUT2D eigenvalue weighted by atomic mass is 35.5. The fourth-order valence-electron chi connectivity index (χ4n) is 4.48. The predicted molar refractivity (Wildman–Crippen MR) is 132 cm³/mol. The molecule has 0 radical (unpaired) electrons. The number of carbonyl (C=O) groups is 1. The van der Waals surface area contributed by atoms with E-state index in [2.05, 4.69) is 31.6 Å². The van der Waals surface area contributed by atoms with Gasteiger partial charge in [0.1, 0.15) is 0 Å². The van der Waals surface area contributed by atoms with Crippen molar-refractivity contribution in [1.29, 1.82) is 0 Å². The number of ketones is 1. The molecule has 0 bridgehead atoms. The first kappa shape index (κ1) is 24.2. The molecule has 0 saturated carbocycles. The molecule has 1 atom stereocenters. The first-order valence-corrected chi connectivity index (χ1v) is 12.4. The van der Waals surface area contributed by atoms with Gasteiger partial charge in [-0.25, -0.2) is 9.97 Å². The van der Waals surface area contributed by atoms with Gasteiger partial charge in [-0.1, -0.05) is 23.2 Å². The summed E-state index contributed by atoms with van der Waals surface area (Å²) in [6.45, 7) is 8.41. The molecular formula is C24H31Cl2N5O2. The van der Waals surface area contributed by atoms with Gasteiger partial charge in [0, 0.05) is 56.7 Å². The van der Waals surface area contributed by atoms with Gasteiger partial charge in [0.15, 0.2) is 11.5 Å². The first-order chi connectivity index (χ1) is 16.0. The largest absolute Gasteiger partial charge is 0.490 e.